The summed E-state index contributed by atoms with van der Waals surface area (Å²) in [6.45, 7) is 0. The second-order valence-electron chi connectivity index (χ2n) is 2.58. The molecule has 0 bridgehead atoms. The van der Waals surface area contributed by atoms with Gasteiger partial charge in [0.15, 0.2) is 0 Å². The minimum absolute atomic E-state index is 0.270. The minimum atomic E-state index is -0.668. The number of carbonyl (C=O) groups is 1. The van der Waals surface area contributed by atoms with Crippen LogP contribution in [0, 0.1) is 0 Å². The normalized spacial score (nSPS) is 9.50. The summed E-state index contributed by atoms with van der Waals surface area (Å²) in [5, 5.41) is 0. The second kappa shape index (κ2) is 4.49. The van der Waals surface area contributed by atoms with Gasteiger partial charge in [0.25, 0.3) is 0 Å². The van der Waals surface area contributed by atoms with Gasteiger partial charge in [-0.05, 0) is 0 Å². The first-order chi connectivity index (χ1) is 5.70. The zero-order valence-electron chi connectivity index (χ0n) is 7.15. The molecule has 1 aromatic carbocycles. The van der Waals surface area contributed by atoms with Crippen molar-refractivity contribution >= 4 is 28.5 Å². The monoisotopic (exact) mass is 279 g/mol. The summed E-state index contributed by atoms with van der Waals surface area (Å²) in [5.41, 5.74) is 0. The molecule has 12 heavy (non-hydrogen) atoms. The van der Waals surface area contributed by atoms with Gasteiger partial charge in [0, 0.05) is 0 Å². The van der Waals surface area contributed by atoms with Crippen LogP contribution in [0.25, 0.3) is 0 Å². The fourth-order valence-electron chi connectivity index (χ4n) is 0.681. The van der Waals surface area contributed by atoms with Crippen LogP contribution in [0.5, 0.6) is 0 Å². The van der Waals surface area contributed by atoms with E-state index >= 15 is 0 Å². The number of rotatable bonds is 2. The van der Waals surface area contributed by atoms with Crippen molar-refractivity contribution in [1.29, 1.82) is 0 Å². The van der Waals surface area contributed by atoms with Crippen LogP contribution < -0.4 is 3.61 Å². The molecule has 0 aliphatic rings. The molecular weight excluding hydrogens is 266 g/mol. The number of amides is 1. The van der Waals surface area contributed by atoms with E-state index in [-0.39, 0.29) is 3.96 Å². The number of benzene rings is 1. The van der Waals surface area contributed by atoms with E-state index in [1.165, 1.54) is 3.61 Å². The predicted octanol–water partition coefficient (Wildman–Crippen LogP) is 0.698. The Bertz CT molecular complexity index is 258. The standard InChI is InChI=1S/C9H11NOTe/c1-10(2)9(11)12-8-6-4-3-5-7-8/h3-7H,1-2H3. The van der Waals surface area contributed by atoms with Gasteiger partial charge in [-0.3, -0.25) is 0 Å². The summed E-state index contributed by atoms with van der Waals surface area (Å²) in [5.74, 6) is 0. The Morgan fingerprint density at radius 3 is 2.33 bits per heavy atom. The first-order valence-corrected chi connectivity index (χ1v) is 5.97. The van der Waals surface area contributed by atoms with Crippen molar-refractivity contribution in [3.8, 4) is 0 Å². The molecule has 1 rings (SSSR count). The Balaban J connectivity index is 2.59. The molecule has 0 aliphatic carbocycles. The van der Waals surface area contributed by atoms with Crippen LogP contribution in [-0.2, 0) is 0 Å². The third-order valence-corrected chi connectivity index (χ3v) is 4.30. The van der Waals surface area contributed by atoms with Crippen LogP contribution in [0.4, 0.5) is 4.79 Å². The molecule has 0 spiro atoms. The Kier molecular flexibility index (Phi) is 3.58. The molecule has 2 nitrogen and oxygen atoms in total. The van der Waals surface area contributed by atoms with Crippen LogP contribution in [0.3, 0.4) is 0 Å². The molecule has 64 valence electrons. The molecule has 0 fully saturated rings. The first kappa shape index (κ1) is 9.57. The third-order valence-electron chi connectivity index (χ3n) is 1.31. The van der Waals surface area contributed by atoms with Gasteiger partial charge in [-0.2, -0.15) is 0 Å². The molecule has 1 aromatic rings. The average Bonchev–Trinajstić information content (AvgIpc) is 2.06. The van der Waals surface area contributed by atoms with E-state index in [9.17, 15) is 4.79 Å². The van der Waals surface area contributed by atoms with Crippen molar-refractivity contribution in [1.82, 2.24) is 4.90 Å². The van der Waals surface area contributed by atoms with E-state index in [0.717, 1.165) is 0 Å². The van der Waals surface area contributed by atoms with E-state index in [1.807, 2.05) is 30.3 Å². The van der Waals surface area contributed by atoms with Crippen LogP contribution in [0.15, 0.2) is 30.3 Å². The van der Waals surface area contributed by atoms with E-state index < -0.39 is 20.9 Å². The summed E-state index contributed by atoms with van der Waals surface area (Å²) >= 11 is -0.668. The third kappa shape index (κ3) is 2.84. The molecule has 0 N–H and O–H groups in total. The zero-order valence-corrected chi connectivity index (χ0v) is 9.48. The van der Waals surface area contributed by atoms with Gasteiger partial charge in [0.1, 0.15) is 0 Å². The van der Waals surface area contributed by atoms with Crippen LogP contribution in [0.2, 0.25) is 0 Å². The molecule has 1 amide bonds. The van der Waals surface area contributed by atoms with Gasteiger partial charge >= 0.3 is 82.6 Å². The Morgan fingerprint density at radius 1 is 1.25 bits per heavy atom. The SMILES string of the molecule is CN(C)C(=O)[Te]c1ccccc1. The van der Waals surface area contributed by atoms with E-state index in [4.69, 9.17) is 0 Å². The van der Waals surface area contributed by atoms with E-state index in [1.54, 1.807) is 19.0 Å². The Labute approximate surface area is 82.7 Å². The number of nitrogens with zero attached hydrogens (tertiary/aromatic N) is 1. The molecule has 0 saturated heterocycles. The average molecular weight is 277 g/mol. The molecule has 0 aliphatic heterocycles. The quantitative estimate of drug-likeness (QED) is 0.728. The van der Waals surface area contributed by atoms with Gasteiger partial charge < -0.3 is 0 Å². The number of carbonyl (C=O) groups excluding carboxylic acids is 1. The summed E-state index contributed by atoms with van der Waals surface area (Å²) < 4.78 is 1.47. The number of hydrogen-bond acceptors (Lipinski definition) is 1. The van der Waals surface area contributed by atoms with Gasteiger partial charge in [0.05, 0.1) is 0 Å². The fraction of sp³-hybridized carbons (Fsp3) is 0.222. The van der Waals surface area contributed by atoms with Crippen molar-refractivity contribution in [3.05, 3.63) is 30.3 Å². The maximum absolute atomic E-state index is 11.3. The van der Waals surface area contributed by atoms with Gasteiger partial charge in [-0.15, -0.1) is 0 Å². The summed E-state index contributed by atoms with van der Waals surface area (Å²) in [4.78, 5) is 13.0. The summed E-state index contributed by atoms with van der Waals surface area (Å²) in [6.07, 6.45) is 0. The number of hydrogen-bond donors (Lipinski definition) is 0. The first-order valence-electron chi connectivity index (χ1n) is 3.64. The molecule has 0 heterocycles. The van der Waals surface area contributed by atoms with Crippen molar-refractivity contribution < 1.29 is 4.79 Å². The predicted molar refractivity (Wildman–Crippen MR) is 50.9 cm³/mol. The molecule has 0 saturated carbocycles. The van der Waals surface area contributed by atoms with Gasteiger partial charge in [0.2, 0.25) is 0 Å². The van der Waals surface area contributed by atoms with Crippen molar-refractivity contribution in [3.63, 3.8) is 0 Å². The molecule has 0 atom stereocenters. The molecule has 0 unspecified atom stereocenters. The molecular formula is C9H11NOTe. The summed E-state index contributed by atoms with van der Waals surface area (Å²) in [7, 11) is 3.60. The van der Waals surface area contributed by atoms with Crippen LogP contribution in [-0.4, -0.2) is 43.9 Å². The maximum atomic E-state index is 11.3. The fourth-order valence-corrected chi connectivity index (χ4v) is 2.61. The topological polar surface area (TPSA) is 20.3 Å². The van der Waals surface area contributed by atoms with Gasteiger partial charge in [-0.1, -0.05) is 0 Å². The molecule has 3 heteroatoms. The van der Waals surface area contributed by atoms with Crippen molar-refractivity contribution in [2.75, 3.05) is 14.1 Å². The van der Waals surface area contributed by atoms with Crippen molar-refractivity contribution in [2.45, 2.75) is 0 Å². The van der Waals surface area contributed by atoms with Crippen LogP contribution in [0.1, 0.15) is 0 Å². The molecule has 0 radical (unpaired) electrons. The van der Waals surface area contributed by atoms with E-state index in [0.29, 0.717) is 0 Å². The second-order valence-corrected chi connectivity index (χ2v) is 5.50. The summed E-state index contributed by atoms with van der Waals surface area (Å²) in [6, 6.07) is 9.95. The van der Waals surface area contributed by atoms with Gasteiger partial charge in [-0.25, -0.2) is 0 Å². The van der Waals surface area contributed by atoms with E-state index in [2.05, 4.69) is 0 Å². The molecule has 0 aromatic heterocycles. The Hall–Kier alpha value is -0.520. The van der Waals surface area contributed by atoms with Crippen LogP contribution >= 0.6 is 0 Å². The Morgan fingerprint density at radius 2 is 1.83 bits per heavy atom. The zero-order chi connectivity index (χ0) is 8.97. The van der Waals surface area contributed by atoms with Crippen molar-refractivity contribution in [2.24, 2.45) is 0 Å².